The Morgan fingerprint density at radius 3 is 2.91 bits per heavy atom. The fourth-order valence-electron chi connectivity index (χ4n) is 2.58. The van der Waals surface area contributed by atoms with E-state index in [1.165, 1.54) is 4.57 Å². The van der Waals surface area contributed by atoms with Gasteiger partial charge in [-0.25, -0.2) is 0 Å². The topological polar surface area (TPSA) is 93.8 Å². The van der Waals surface area contributed by atoms with Crippen molar-refractivity contribution in [3.8, 4) is 11.4 Å². The average Bonchev–Trinajstić information content (AvgIpc) is 3.26. The van der Waals surface area contributed by atoms with Gasteiger partial charge in [-0.3, -0.25) is 9.59 Å². The van der Waals surface area contributed by atoms with Gasteiger partial charge in [-0.05, 0) is 38.0 Å². The first kappa shape index (κ1) is 13.0. The molecule has 0 aliphatic heterocycles. The molecule has 1 N–H and O–H groups in total. The number of fused-ring (bicyclic) bond motifs is 1. The standard InChI is InChI=1S/C15H14N4O3/c1-2-19-11-6-5-9(7-10(11)16-13(20)15(19)21)12-17-14(22-18-12)8-3-4-8/h5-8H,2-4H2,1H3,(H,16,20). The Labute approximate surface area is 124 Å². The molecule has 2 heterocycles. The Hall–Kier alpha value is -2.70. The van der Waals surface area contributed by atoms with Crippen molar-refractivity contribution < 1.29 is 4.52 Å². The Morgan fingerprint density at radius 1 is 1.36 bits per heavy atom. The van der Waals surface area contributed by atoms with Crippen molar-refractivity contribution in [1.82, 2.24) is 19.7 Å². The molecular weight excluding hydrogens is 284 g/mol. The molecule has 1 fully saturated rings. The van der Waals surface area contributed by atoms with Gasteiger partial charge in [0.05, 0.1) is 11.0 Å². The van der Waals surface area contributed by atoms with Crippen LogP contribution in [0.1, 0.15) is 31.6 Å². The molecule has 0 spiro atoms. The number of aromatic amines is 1. The van der Waals surface area contributed by atoms with Crippen molar-refractivity contribution in [2.45, 2.75) is 32.2 Å². The van der Waals surface area contributed by atoms with E-state index in [0.717, 1.165) is 18.4 Å². The first-order chi connectivity index (χ1) is 10.7. The van der Waals surface area contributed by atoms with Gasteiger partial charge in [-0.15, -0.1) is 0 Å². The molecule has 2 aromatic heterocycles. The van der Waals surface area contributed by atoms with Crippen molar-refractivity contribution in [1.29, 1.82) is 0 Å². The molecule has 7 heteroatoms. The molecular formula is C15H14N4O3. The van der Waals surface area contributed by atoms with E-state index < -0.39 is 11.1 Å². The zero-order valence-corrected chi connectivity index (χ0v) is 12.0. The van der Waals surface area contributed by atoms with E-state index in [4.69, 9.17) is 4.52 Å². The van der Waals surface area contributed by atoms with Crippen molar-refractivity contribution in [3.63, 3.8) is 0 Å². The molecule has 1 saturated carbocycles. The van der Waals surface area contributed by atoms with Crippen LogP contribution >= 0.6 is 0 Å². The Balaban J connectivity index is 1.87. The summed E-state index contributed by atoms with van der Waals surface area (Å²) in [6, 6.07) is 5.39. The smallest absolute Gasteiger partial charge is 0.316 e. The van der Waals surface area contributed by atoms with Crippen molar-refractivity contribution in [2.24, 2.45) is 0 Å². The maximum atomic E-state index is 11.8. The van der Waals surface area contributed by atoms with E-state index in [0.29, 0.717) is 35.2 Å². The number of aromatic nitrogens is 4. The minimum atomic E-state index is -0.627. The molecule has 1 aliphatic rings. The predicted octanol–water partition coefficient (Wildman–Crippen LogP) is 1.64. The van der Waals surface area contributed by atoms with Gasteiger partial charge in [0.2, 0.25) is 11.7 Å². The van der Waals surface area contributed by atoms with E-state index in [1.54, 1.807) is 12.1 Å². The van der Waals surface area contributed by atoms with Crippen molar-refractivity contribution in [3.05, 3.63) is 44.8 Å². The summed E-state index contributed by atoms with van der Waals surface area (Å²) in [5.41, 5.74) is 0.847. The number of nitrogens with one attached hydrogen (secondary N) is 1. The molecule has 22 heavy (non-hydrogen) atoms. The third-order valence-corrected chi connectivity index (χ3v) is 3.92. The summed E-state index contributed by atoms with van der Waals surface area (Å²) in [5.74, 6) is 1.56. The SMILES string of the molecule is CCn1c(=O)c(=O)[nH]c2cc(-c3noc(C4CC4)n3)ccc21. The molecule has 1 aliphatic carbocycles. The van der Waals surface area contributed by atoms with E-state index in [1.807, 2.05) is 13.0 Å². The number of hydrogen-bond donors (Lipinski definition) is 1. The summed E-state index contributed by atoms with van der Waals surface area (Å²) in [4.78, 5) is 30.6. The molecule has 0 amide bonds. The Kier molecular flexibility index (Phi) is 2.75. The van der Waals surface area contributed by atoms with Crippen LogP contribution in [0.25, 0.3) is 22.4 Å². The summed E-state index contributed by atoms with van der Waals surface area (Å²) < 4.78 is 6.70. The highest BCUT2D eigenvalue weighted by molar-refractivity contribution is 5.80. The maximum Gasteiger partial charge on any atom is 0.316 e. The minimum Gasteiger partial charge on any atom is -0.339 e. The van der Waals surface area contributed by atoms with Crippen LogP contribution in [0.3, 0.4) is 0 Å². The molecule has 112 valence electrons. The van der Waals surface area contributed by atoms with Gasteiger partial charge in [0.1, 0.15) is 0 Å². The molecule has 4 rings (SSSR count). The fraction of sp³-hybridized carbons (Fsp3) is 0.333. The lowest BCUT2D eigenvalue weighted by atomic mass is 10.2. The number of H-pyrrole nitrogens is 1. The van der Waals surface area contributed by atoms with Crippen LogP contribution in [0.4, 0.5) is 0 Å². The number of hydrogen-bond acceptors (Lipinski definition) is 5. The molecule has 3 aromatic rings. The number of nitrogens with zero attached hydrogens (tertiary/aromatic N) is 3. The monoisotopic (exact) mass is 298 g/mol. The lowest BCUT2D eigenvalue weighted by molar-refractivity contribution is 0.380. The molecule has 1 aromatic carbocycles. The predicted molar refractivity (Wildman–Crippen MR) is 79.8 cm³/mol. The van der Waals surface area contributed by atoms with Gasteiger partial charge in [0, 0.05) is 18.0 Å². The highest BCUT2D eigenvalue weighted by Gasteiger charge is 2.29. The van der Waals surface area contributed by atoms with E-state index in [9.17, 15) is 9.59 Å². The maximum absolute atomic E-state index is 11.8. The van der Waals surface area contributed by atoms with Gasteiger partial charge < -0.3 is 14.1 Å². The lowest BCUT2D eigenvalue weighted by Crippen LogP contribution is -2.35. The van der Waals surface area contributed by atoms with E-state index in [2.05, 4.69) is 15.1 Å². The first-order valence-corrected chi connectivity index (χ1v) is 7.28. The molecule has 0 unspecified atom stereocenters. The lowest BCUT2D eigenvalue weighted by Gasteiger charge is -2.07. The average molecular weight is 298 g/mol. The van der Waals surface area contributed by atoms with Gasteiger partial charge >= 0.3 is 11.1 Å². The highest BCUT2D eigenvalue weighted by atomic mass is 16.5. The van der Waals surface area contributed by atoms with Gasteiger partial charge in [-0.2, -0.15) is 4.98 Å². The summed E-state index contributed by atoms with van der Waals surface area (Å²) in [5, 5.41) is 3.99. The van der Waals surface area contributed by atoms with Crippen LogP contribution < -0.4 is 11.1 Å². The Bertz CT molecular complexity index is 978. The fourth-order valence-corrected chi connectivity index (χ4v) is 2.58. The second-order valence-corrected chi connectivity index (χ2v) is 5.47. The normalized spacial score (nSPS) is 14.6. The zero-order chi connectivity index (χ0) is 15.3. The number of rotatable bonds is 3. The van der Waals surface area contributed by atoms with Crippen LogP contribution in [0.15, 0.2) is 32.3 Å². The van der Waals surface area contributed by atoms with Crippen molar-refractivity contribution >= 4 is 11.0 Å². The molecule has 0 saturated heterocycles. The minimum absolute atomic E-state index is 0.395. The van der Waals surface area contributed by atoms with Crippen LogP contribution in [0.5, 0.6) is 0 Å². The molecule has 0 bridgehead atoms. The molecule has 7 nitrogen and oxygen atoms in total. The van der Waals surface area contributed by atoms with Crippen LogP contribution in [0.2, 0.25) is 0 Å². The van der Waals surface area contributed by atoms with E-state index >= 15 is 0 Å². The summed E-state index contributed by atoms with van der Waals surface area (Å²) in [7, 11) is 0. The van der Waals surface area contributed by atoms with Crippen LogP contribution in [-0.2, 0) is 6.54 Å². The quantitative estimate of drug-likeness (QED) is 0.742. The number of benzene rings is 1. The summed E-state index contributed by atoms with van der Waals surface area (Å²) in [6.07, 6.45) is 2.19. The van der Waals surface area contributed by atoms with E-state index in [-0.39, 0.29) is 0 Å². The third kappa shape index (κ3) is 1.97. The second-order valence-electron chi connectivity index (χ2n) is 5.47. The highest BCUT2D eigenvalue weighted by Crippen LogP contribution is 2.39. The Morgan fingerprint density at radius 2 is 2.18 bits per heavy atom. The van der Waals surface area contributed by atoms with Crippen LogP contribution in [-0.4, -0.2) is 19.7 Å². The largest absolute Gasteiger partial charge is 0.339 e. The first-order valence-electron chi connectivity index (χ1n) is 7.28. The van der Waals surface area contributed by atoms with Gasteiger partial charge in [-0.1, -0.05) is 5.16 Å². The van der Waals surface area contributed by atoms with Crippen LogP contribution in [0, 0.1) is 0 Å². The zero-order valence-electron chi connectivity index (χ0n) is 12.0. The second kappa shape index (κ2) is 4.66. The van der Waals surface area contributed by atoms with Crippen molar-refractivity contribution in [2.75, 3.05) is 0 Å². The number of aryl methyl sites for hydroxylation is 1. The third-order valence-electron chi connectivity index (χ3n) is 3.92. The molecule has 0 radical (unpaired) electrons. The van der Waals surface area contributed by atoms with Gasteiger partial charge in [0.15, 0.2) is 0 Å². The summed E-state index contributed by atoms with van der Waals surface area (Å²) in [6.45, 7) is 2.27. The molecule has 0 atom stereocenters. The van der Waals surface area contributed by atoms with Gasteiger partial charge in [0.25, 0.3) is 0 Å². The summed E-state index contributed by atoms with van der Waals surface area (Å²) >= 11 is 0.